The summed E-state index contributed by atoms with van der Waals surface area (Å²) < 4.78 is 0. The lowest BCUT2D eigenvalue weighted by molar-refractivity contribution is 0.0485. The largest absolute Gasteiger partial charge is 0.271 e. The Hall–Kier alpha value is -0.0800. The maximum absolute atomic E-state index is 5.99. The molecule has 0 amide bonds. The van der Waals surface area contributed by atoms with E-state index in [1.54, 1.807) is 0 Å². The second kappa shape index (κ2) is 6.13. The maximum atomic E-state index is 5.99. The van der Waals surface area contributed by atoms with E-state index in [1.807, 2.05) is 0 Å². The van der Waals surface area contributed by atoms with Crippen LogP contribution < -0.4 is 11.3 Å². The van der Waals surface area contributed by atoms with Crippen molar-refractivity contribution in [2.45, 2.75) is 78.7 Å². The zero-order chi connectivity index (χ0) is 14.0. The molecule has 0 aromatic carbocycles. The highest BCUT2D eigenvalue weighted by molar-refractivity contribution is 4.94. The van der Waals surface area contributed by atoms with E-state index in [0.29, 0.717) is 11.5 Å². The standard InChI is InChI=1S/C17H34N2/c1-12-8-9-14(11-13(12)2)16(19-18)15-7-5-6-10-17(15,3)4/h12-16,19H,5-11,18H2,1-4H3. The number of rotatable bonds is 3. The Bertz CT molecular complexity index is 287. The molecule has 2 rings (SSSR count). The van der Waals surface area contributed by atoms with Gasteiger partial charge in [-0.15, -0.1) is 0 Å². The molecule has 2 fully saturated rings. The fraction of sp³-hybridized carbons (Fsp3) is 1.00. The summed E-state index contributed by atoms with van der Waals surface area (Å²) in [5.41, 5.74) is 3.69. The SMILES string of the molecule is CC1CCC(C(NN)C2CCCCC2(C)C)CC1C. The van der Waals surface area contributed by atoms with Gasteiger partial charge < -0.3 is 0 Å². The van der Waals surface area contributed by atoms with Crippen molar-refractivity contribution in [3.8, 4) is 0 Å². The van der Waals surface area contributed by atoms with Gasteiger partial charge in [0.2, 0.25) is 0 Å². The van der Waals surface area contributed by atoms with Crippen molar-refractivity contribution in [3.63, 3.8) is 0 Å². The average molecular weight is 266 g/mol. The van der Waals surface area contributed by atoms with E-state index in [-0.39, 0.29) is 0 Å². The zero-order valence-corrected chi connectivity index (χ0v) is 13.4. The summed E-state index contributed by atoms with van der Waals surface area (Å²) in [6, 6.07) is 0.533. The molecule has 3 N–H and O–H groups in total. The molecule has 0 radical (unpaired) electrons. The molecule has 5 atom stereocenters. The molecule has 2 nitrogen and oxygen atoms in total. The third-order valence-corrected chi connectivity index (χ3v) is 6.36. The van der Waals surface area contributed by atoms with Crippen LogP contribution >= 0.6 is 0 Å². The van der Waals surface area contributed by atoms with E-state index in [1.165, 1.54) is 44.9 Å². The van der Waals surface area contributed by atoms with Crippen LogP contribution in [0.5, 0.6) is 0 Å². The van der Waals surface area contributed by atoms with Gasteiger partial charge in [-0.05, 0) is 54.8 Å². The highest BCUT2D eigenvalue weighted by Crippen LogP contribution is 2.46. The smallest absolute Gasteiger partial charge is 0.0272 e. The number of nitrogens with one attached hydrogen (secondary N) is 1. The van der Waals surface area contributed by atoms with Gasteiger partial charge in [0.1, 0.15) is 0 Å². The Morgan fingerprint density at radius 3 is 2.37 bits per heavy atom. The molecule has 0 aromatic rings. The van der Waals surface area contributed by atoms with Crippen LogP contribution in [0.2, 0.25) is 0 Å². The third kappa shape index (κ3) is 3.33. The van der Waals surface area contributed by atoms with Crippen molar-refractivity contribution in [1.29, 1.82) is 0 Å². The lowest BCUT2D eigenvalue weighted by atomic mass is 9.61. The Balaban J connectivity index is 2.06. The molecule has 0 heterocycles. The van der Waals surface area contributed by atoms with Gasteiger partial charge in [0.05, 0.1) is 0 Å². The molecular formula is C17H34N2. The summed E-state index contributed by atoms with van der Waals surface area (Å²) in [4.78, 5) is 0. The monoisotopic (exact) mass is 266 g/mol. The maximum Gasteiger partial charge on any atom is 0.0272 e. The minimum absolute atomic E-state index is 0.460. The molecule has 0 spiro atoms. The van der Waals surface area contributed by atoms with Gasteiger partial charge in [0, 0.05) is 6.04 Å². The first-order valence-corrected chi connectivity index (χ1v) is 8.42. The Morgan fingerprint density at radius 1 is 1.05 bits per heavy atom. The van der Waals surface area contributed by atoms with Gasteiger partial charge in [-0.2, -0.15) is 0 Å². The van der Waals surface area contributed by atoms with Crippen molar-refractivity contribution in [2.75, 3.05) is 0 Å². The van der Waals surface area contributed by atoms with Crippen molar-refractivity contribution in [3.05, 3.63) is 0 Å². The van der Waals surface area contributed by atoms with Gasteiger partial charge in [-0.3, -0.25) is 11.3 Å². The van der Waals surface area contributed by atoms with Gasteiger partial charge in [-0.25, -0.2) is 0 Å². The summed E-state index contributed by atoms with van der Waals surface area (Å²) in [5, 5.41) is 0. The van der Waals surface area contributed by atoms with E-state index in [4.69, 9.17) is 5.84 Å². The molecule has 112 valence electrons. The second-order valence-corrected chi connectivity index (χ2v) is 8.06. The van der Waals surface area contributed by atoms with Crippen LogP contribution in [0.1, 0.15) is 72.6 Å². The van der Waals surface area contributed by atoms with Crippen molar-refractivity contribution in [1.82, 2.24) is 5.43 Å². The van der Waals surface area contributed by atoms with E-state index in [2.05, 4.69) is 33.1 Å². The molecule has 2 aliphatic carbocycles. The normalized spacial score (nSPS) is 40.9. The molecule has 0 aromatic heterocycles. The van der Waals surface area contributed by atoms with Crippen LogP contribution in [-0.4, -0.2) is 6.04 Å². The molecule has 5 unspecified atom stereocenters. The first kappa shape index (κ1) is 15.3. The van der Waals surface area contributed by atoms with Gasteiger partial charge in [0.15, 0.2) is 0 Å². The average Bonchev–Trinajstić information content (AvgIpc) is 2.36. The molecule has 2 saturated carbocycles. The highest BCUT2D eigenvalue weighted by Gasteiger charge is 2.41. The molecule has 0 bridgehead atoms. The van der Waals surface area contributed by atoms with Crippen LogP contribution in [0.3, 0.4) is 0 Å². The predicted octanol–water partition coefficient (Wildman–Crippen LogP) is 4.11. The minimum atomic E-state index is 0.460. The second-order valence-electron chi connectivity index (χ2n) is 8.06. The lowest BCUT2D eigenvalue weighted by Gasteiger charge is -2.47. The zero-order valence-electron chi connectivity index (χ0n) is 13.4. The quantitative estimate of drug-likeness (QED) is 0.596. The fourth-order valence-corrected chi connectivity index (χ4v) is 4.68. The third-order valence-electron chi connectivity index (χ3n) is 6.36. The molecule has 2 aliphatic rings. The lowest BCUT2D eigenvalue weighted by Crippen LogP contribution is -2.52. The highest BCUT2D eigenvalue weighted by atomic mass is 15.2. The summed E-state index contributed by atoms with van der Waals surface area (Å²) in [6.07, 6.45) is 9.65. The van der Waals surface area contributed by atoms with Crippen LogP contribution in [0.15, 0.2) is 0 Å². The van der Waals surface area contributed by atoms with Gasteiger partial charge in [0.25, 0.3) is 0 Å². The predicted molar refractivity (Wildman–Crippen MR) is 82.5 cm³/mol. The molecule has 0 aliphatic heterocycles. The number of hydrogen-bond donors (Lipinski definition) is 2. The topological polar surface area (TPSA) is 38.0 Å². The molecule has 2 heteroatoms. The van der Waals surface area contributed by atoms with E-state index >= 15 is 0 Å². The first-order valence-electron chi connectivity index (χ1n) is 8.42. The van der Waals surface area contributed by atoms with E-state index < -0.39 is 0 Å². The first-order chi connectivity index (χ1) is 8.95. The molecular weight excluding hydrogens is 232 g/mol. The van der Waals surface area contributed by atoms with Gasteiger partial charge >= 0.3 is 0 Å². The van der Waals surface area contributed by atoms with E-state index in [9.17, 15) is 0 Å². The summed E-state index contributed by atoms with van der Waals surface area (Å²) in [7, 11) is 0. The van der Waals surface area contributed by atoms with Crippen molar-refractivity contribution >= 4 is 0 Å². The van der Waals surface area contributed by atoms with Crippen LogP contribution in [-0.2, 0) is 0 Å². The van der Waals surface area contributed by atoms with Crippen LogP contribution in [0.4, 0.5) is 0 Å². The number of hydrazine groups is 1. The molecule has 0 saturated heterocycles. The Labute approximate surface area is 119 Å². The number of nitrogens with two attached hydrogens (primary N) is 1. The summed E-state index contributed by atoms with van der Waals surface area (Å²) in [5.74, 6) is 9.30. The Kier molecular flexibility index (Phi) is 4.94. The Morgan fingerprint density at radius 2 is 1.79 bits per heavy atom. The van der Waals surface area contributed by atoms with Crippen LogP contribution in [0.25, 0.3) is 0 Å². The minimum Gasteiger partial charge on any atom is -0.271 e. The fourth-order valence-electron chi connectivity index (χ4n) is 4.68. The summed E-state index contributed by atoms with van der Waals surface area (Å²) >= 11 is 0. The van der Waals surface area contributed by atoms with Crippen LogP contribution in [0, 0.1) is 29.1 Å². The van der Waals surface area contributed by atoms with Crippen molar-refractivity contribution in [2.24, 2.45) is 34.9 Å². The molecule has 19 heavy (non-hydrogen) atoms. The van der Waals surface area contributed by atoms with Gasteiger partial charge in [-0.1, -0.05) is 47.0 Å². The summed E-state index contributed by atoms with van der Waals surface area (Å²) in [6.45, 7) is 9.75. The van der Waals surface area contributed by atoms with E-state index in [0.717, 1.165) is 23.7 Å². The number of hydrogen-bond acceptors (Lipinski definition) is 2. The van der Waals surface area contributed by atoms with Crippen molar-refractivity contribution < 1.29 is 0 Å².